The second-order valence-electron chi connectivity index (χ2n) is 6.79. The van der Waals surface area contributed by atoms with Crippen molar-refractivity contribution in [2.45, 2.75) is 25.0 Å². The Morgan fingerprint density at radius 3 is 2.32 bits per heavy atom. The van der Waals surface area contributed by atoms with Gasteiger partial charge in [0.25, 0.3) is 5.91 Å². The van der Waals surface area contributed by atoms with Crippen LogP contribution in [0.3, 0.4) is 0 Å². The molecule has 1 aromatic carbocycles. The highest BCUT2D eigenvalue weighted by Gasteiger charge is 2.57. The van der Waals surface area contributed by atoms with Gasteiger partial charge in [0.2, 0.25) is 0 Å². The Bertz CT molecular complexity index is 1020. The molecule has 3 rings (SSSR count). The molecule has 2 amide bonds. The molecule has 166 valence electrons. The van der Waals surface area contributed by atoms with Crippen LogP contribution in [0.5, 0.6) is 5.75 Å². The van der Waals surface area contributed by atoms with Gasteiger partial charge in [-0.2, -0.15) is 4.79 Å². The number of carbonyl (C=O) groups excluding carboxylic acids is 1. The van der Waals surface area contributed by atoms with Crippen molar-refractivity contribution >= 4 is 29.7 Å². The van der Waals surface area contributed by atoms with E-state index in [4.69, 9.17) is 0 Å². The number of carboxylic acid groups (broad SMARTS) is 2. The van der Waals surface area contributed by atoms with Crippen LogP contribution in [0.25, 0.3) is 0 Å². The molecule has 0 aromatic heterocycles. The van der Waals surface area contributed by atoms with E-state index in [9.17, 15) is 37.8 Å². The Morgan fingerprint density at radius 2 is 1.84 bits per heavy atom. The molecule has 9 nitrogen and oxygen atoms in total. The van der Waals surface area contributed by atoms with E-state index < -0.39 is 39.4 Å². The van der Waals surface area contributed by atoms with Crippen LogP contribution in [0, 0.1) is 0 Å². The summed E-state index contributed by atoms with van der Waals surface area (Å²) < 4.78 is 38.3. The summed E-state index contributed by atoms with van der Waals surface area (Å²) in [5.41, 5.74) is 2.86. The van der Waals surface area contributed by atoms with E-state index in [1.165, 1.54) is 13.0 Å². The summed E-state index contributed by atoms with van der Waals surface area (Å²) >= 11 is 0.867. The van der Waals surface area contributed by atoms with E-state index in [-0.39, 0.29) is 28.5 Å². The first-order valence-corrected chi connectivity index (χ1v) is 9.60. The number of nitrogens with zero attached hydrogens (tertiary/aromatic N) is 1. The van der Waals surface area contributed by atoms with Crippen LogP contribution in [0.1, 0.15) is 24.2 Å². The molecule has 31 heavy (non-hydrogen) atoms. The van der Waals surface area contributed by atoms with Gasteiger partial charge in [-0.05, 0) is 38.1 Å². The maximum atomic E-state index is 12.6. The number of amides is 2. The molecule has 4 N–H and O–H groups in total. The fourth-order valence-electron chi connectivity index (χ4n) is 3.10. The smallest absolute Gasteiger partial charge is 0.480 e. The normalized spacial score (nSPS) is 24.9. The largest absolute Gasteiger partial charge is 0.573 e. The van der Waals surface area contributed by atoms with Crippen LogP contribution in [-0.2, 0) is 4.79 Å². The van der Waals surface area contributed by atoms with Crippen molar-refractivity contribution in [2.24, 2.45) is 0 Å². The summed E-state index contributed by atoms with van der Waals surface area (Å²) in [5, 5.41) is 21.8. The van der Waals surface area contributed by atoms with Crippen LogP contribution in [-0.4, -0.2) is 50.4 Å². The number of carbonyl (C=O) groups is 3. The SMILES string of the molecule is CC[N+]1(C(=O)O)NC(NC(=O)c2ccc(OC(F)(F)F)cc2)=C2SC(C)(C(=O)O)C=C21. The number of ether oxygens (including phenoxy) is 1. The first-order chi connectivity index (χ1) is 14.3. The zero-order valence-corrected chi connectivity index (χ0v) is 16.9. The number of benzene rings is 1. The molecular formula is C18H17F3N3O6S+. The number of nitrogens with one attached hydrogen (secondary N) is 2. The van der Waals surface area contributed by atoms with Gasteiger partial charge in [0.15, 0.2) is 11.5 Å². The van der Waals surface area contributed by atoms with Gasteiger partial charge in [-0.1, -0.05) is 16.4 Å². The van der Waals surface area contributed by atoms with E-state index in [1.54, 1.807) is 6.92 Å². The van der Waals surface area contributed by atoms with E-state index >= 15 is 0 Å². The Morgan fingerprint density at radius 1 is 1.23 bits per heavy atom. The standard InChI is InChI=1S/C18H16F3N3O6S/c1-3-24(16(28)29)11-8-17(2,15(26)27)31-12(11)13(23-24)22-14(25)9-4-6-10(7-5-9)30-18(19,20)21/h4-8,23H,3H2,1-2H3,(H2-,22,25,26,27,28,29)/p+1. The van der Waals surface area contributed by atoms with Crippen LogP contribution in [0.4, 0.5) is 18.0 Å². The molecule has 2 aliphatic heterocycles. The number of hydrogen-bond acceptors (Lipinski definition) is 6. The molecule has 2 unspecified atom stereocenters. The summed E-state index contributed by atoms with van der Waals surface area (Å²) in [6.07, 6.45) is -4.86. The summed E-state index contributed by atoms with van der Waals surface area (Å²) in [5.74, 6) is -2.44. The van der Waals surface area contributed by atoms with E-state index in [1.807, 2.05) is 0 Å². The maximum Gasteiger partial charge on any atom is 0.573 e. The number of hydrogen-bond donors (Lipinski definition) is 4. The van der Waals surface area contributed by atoms with Crippen molar-refractivity contribution in [3.63, 3.8) is 0 Å². The number of fused-ring (bicyclic) bond motifs is 1. The fraction of sp³-hybridized carbons (Fsp3) is 0.278. The van der Waals surface area contributed by atoms with Crippen LogP contribution < -0.4 is 15.5 Å². The Balaban J connectivity index is 1.90. The fourth-order valence-corrected chi connectivity index (χ4v) is 4.30. The first-order valence-electron chi connectivity index (χ1n) is 8.79. The highest BCUT2D eigenvalue weighted by molar-refractivity contribution is 8.05. The van der Waals surface area contributed by atoms with Gasteiger partial charge in [-0.3, -0.25) is 9.59 Å². The molecule has 2 atom stereocenters. The minimum atomic E-state index is -4.87. The lowest BCUT2D eigenvalue weighted by Crippen LogP contribution is -2.58. The number of aliphatic carboxylic acids is 1. The van der Waals surface area contributed by atoms with Crippen molar-refractivity contribution in [3.05, 3.63) is 52.3 Å². The molecule has 2 aliphatic rings. The number of thioether (sulfide) groups is 1. The van der Waals surface area contributed by atoms with E-state index in [2.05, 4.69) is 15.5 Å². The molecule has 0 saturated heterocycles. The summed E-state index contributed by atoms with van der Waals surface area (Å²) in [6.45, 7) is 2.98. The summed E-state index contributed by atoms with van der Waals surface area (Å²) in [4.78, 5) is 36.5. The Kier molecular flexibility index (Phi) is 5.44. The topological polar surface area (TPSA) is 125 Å². The third kappa shape index (κ3) is 4.05. The summed E-state index contributed by atoms with van der Waals surface area (Å²) in [7, 11) is 0. The van der Waals surface area contributed by atoms with Gasteiger partial charge in [-0.15, -0.1) is 13.2 Å². The molecule has 0 aliphatic carbocycles. The highest BCUT2D eigenvalue weighted by atomic mass is 32.2. The van der Waals surface area contributed by atoms with Crippen molar-refractivity contribution in [1.82, 2.24) is 10.7 Å². The van der Waals surface area contributed by atoms with Crippen molar-refractivity contribution in [1.29, 1.82) is 0 Å². The number of carboxylic acids is 1. The molecular weight excluding hydrogens is 443 g/mol. The van der Waals surface area contributed by atoms with Crippen molar-refractivity contribution in [3.8, 4) is 5.75 Å². The van der Waals surface area contributed by atoms with E-state index in [0.29, 0.717) is 0 Å². The van der Waals surface area contributed by atoms with Crippen LogP contribution in [0.15, 0.2) is 46.8 Å². The molecule has 0 saturated carbocycles. The Hall–Kier alpha value is -3.19. The minimum Gasteiger partial charge on any atom is -0.480 e. The zero-order chi connectivity index (χ0) is 23.2. The predicted octanol–water partition coefficient (Wildman–Crippen LogP) is 2.99. The zero-order valence-electron chi connectivity index (χ0n) is 16.1. The Labute approximate surface area is 177 Å². The maximum absolute atomic E-state index is 12.6. The quantitative estimate of drug-likeness (QED) is 0.495. The van der Waals surface area contributed by atoms with Gasteiger partial charge in [0, 0.05) is 11.6 Å². The third-order valence-electron chi connectivity index (χ3n) is 4.71. The lowest BCUT2D eigenvalue weighted by Gasteiger charge is -2.27. The molecule has 1 aromatic rings. The molecule has 0 spiro atoms. The average Bonchev–Trinajstić information content (AvgIpc) is 3.16. The number of halogens is 3. The monoisotopic (exact) mass is 460 g/mol. The predicted molar refractivity (Wildman–Crippen MR) is 101 cm³/mol. The molecule has 2 heterocycles. The van der Waals surface area contributed by atoms with Crippen LogP contribution in [0.2, 0.25) is 0 Å². The number of rotatable bonds is 5. The first kappa shape index (κ1) is 22.5. The van der Waals surface area contributed by atoms with Gasteiger partial charge in [0.1, 0.15) is 21.9 Å². The van der Waals surface area contributed by atoms with Gasteiger partial charge in [-0.25, -0.2) is 5.43 Å². The molecule has 0 bridgehead atoms. The van der Waals surface area contributed by atoms with E-state index in [0.717, 1.165) is 36.0 Å². The highest BCUT2D eigenvalue weighted by Crippen LogP contribution is 2.51. The minimum absolute atomic E-state index is 0.00374. The average molecular weight is 460 g/mol. The molecule has 0 radical (unpaired) electrons. The van der Waals surface area contributed by atoms with Gasteiger partial charge < -0.3 is 20.3 Å². The van der Waals surface area contributed by atoms with Gasteiger partial charge >= 0.3 is 18.4 Å². The van der Waals surface area contributed by atoms with Gasteiger partial charge in [0.05, 0.1) is 0 Å². The number of likely N-dealkylation sites (N-methyl/N-ethyl adjacent to an activating group) is 1. The second kappa shape index (κ2) is 7.50. The van der Waals surface area contributed by atoms with Crippen LogP contribution >= 0.6 is 11.8 Å². The summed E-state index contributed by atoms with van der Waals surface area (Å²) in [6, 6.07) is 4.14. The second-order valence-corrected chi connectivity index (χ2v) is 8.26. The van der Waals surface area contributed by atoms with Crippen molar-refractivity contribution in [2.75, 3.05) is 6.54 Å². The van der Waals surface area contributed by atoms with Crippen molar-refractivity contribution < 1.29 is 47.1 Å². The molecule has 13 heteroatoms. The third-order valence-corrected chi connectivity index (χ3v) is 6.05. The number of alkyl halides is 3. The lowest BCUT2D eigenvalue weighted by atomic mass is 10.1. The molecule has 0 fully saturated rings. The number of quaternary nitrogens is 1. The lowest BCUT2D eigenvalue weighted by molar-refractivity contribution is -0.851.